The average Bonchev–Trinajstić information content (AvgIpc) is 3.38. The number of rotatable bonds is 6. The summed E-state index contributed by atoms with van der Waals surface area (Å²) in [5.41, 5.74) is 6.96. The molecule has 1 heterocycles. The summed E-state index contributed by atoms with van der Waals surface area (Å²) < 4.78 is 4.52. The molecular weight excluding hydrogens is 642 g/mol. The largest absolute Gasteiger partial charge is 0.454 e. The zero-order valence-electron chi connectivity index (χ0n) is 24.4. The molecule has 4 aliphatic rings. The monoisotopic (exact) mass is 667 g/mol. The fourth-order valence-electron chi connectivity index (χ4n) is 7.48. The normalized spacial score (nSPS) is 22.2. The van der Waals surface area contributed by atoms with Crippen molar-refractivity contribution in [3.8, 4) is 11.1 Å². The van der Waals surface area contributed by atoms with E-state index in [2.05, 4.69) is 15.9 Å². The highest BCUT2D eigenvalue weighted by molar-refractivity contribution is 9.09. The van der Waals surface area contributed by atoms with E-state index in [-0.39, 0.29) is 29.1 Å². The van der Waals surface area contributed by atoms with Crippen molar-refractivity contribution in [2.45, 2.75) is 10.2 Å². The number of carbonyl (C=O) groups excluding carboxylic acids is 4. The van der Waals surface area contributed by atoms with Crippen LogP contribution in [0.3, 0.4) is 0 Å². The van der Waals surface area contributed by atoms with Crippen LogP contribution >= 0.6 is 15.9 Å². The maximum absolute atomic E-state index is 14.2. The first kappa shape index (κ1) is 28.3. The number of alkyl halides is 1. The van der Waals surface area contributed by atoms with Crippen LogP contribution in [0.2, 0.25) is 0 Å². The number of hydrogen-bond acceptors (Lipinski definition) is 5. The number of benzene rings is 5. The number of Topliss-reactive ketones (excluding diaryl/α,β-unsaturated/α-hetero) is 1. The van der Waals surface area contributed by atoms with Crippen LogP contribution < -0.4 is 4.90 Å². The van der Waals surface area contributed by atoms with Crippen LogP contribution in [0.1, 0.15) is 48.9 Å². The highest BCUT2D eigenvalue weighted by Crippen LogP contribution is 2.66. The van der Waals surface area contributed by atoms with Crippen molar-refractivity contribution in [2.75, 3.05) is 11.5 Å². The Bertz CT molecular complexity index is 2020. The Hall–Kier alpha value is -5.14. The quantitative estimate of drug-likeness (QED) is 0.0822. The summed E-state index contributed by atoms with van der Waals surface area (Å²) in [5.74, 6) is -3.19. The molecule has 2 bridgehead atoms. The number of amides is 2. The molecule has 0 spiro atoms. The van der Waals surface area contributed by atoms with Crippen molar-refractivity contribution >= 4 is 45.2 Å². The lowest BCUT2D eigenvalue weighted by Crippen LogP contribution is -2.50. The zero-order valence-corrected chi connectivity index (χ0v) is 26.0. The fraction of sp³-hybridized carbons (Fsp3) is 0.128. The lowest BCUT2D eigenvalue weighted by atomic mass is 9.55. The van der Waals surface area contributed by atoms with Gasteiger partial charge < -0.3 is 4.74 Å². The van der Waals surface area contributed by atoms with E-state index >= 15 is 0 Å². The Kier molecular flexibility index (Phi) is 6.62. The molecule has 2 atom stereocenters. The molecule has 0 unspecified atom stereocenters. The summed E-state index contributed by atoms with van der Waals surface area (Å²) in [6.07, 6.45) is 0. The summed E-state index contributed by atoms with van der Waals surface area (Å²) >= 11 is 4.01. The molecule has 0 radical (unpaired) electrons. The van der Waals surface area contributed by atoms with E-state index in [1.54, 1.807) is 30.3 Å². The van der Waals surface area contributed by atoms with Crippen LogP contribution in [0.5, 0.6) is 0 Å². The Morgan fingerprint density at radius 1 is 0.674 bits per heavy atom. The molecule has 0 saturated carbocycles. The summed E-state index contributed by atoms with van der Waals surface area (Å²) in [4.78, 5) is 55.6. The van der Waals surface area contributed by atoms with Gasteiger partial charge in [-0.2, -0.15) is 0 Å². The van der Waals surface area contributed by atoms with Crippen molar-refractivity contribution in [3.63, 3.8) is 0 Å². The number of ketones is 1. The molecule has 1 aliphatic heterocycles. The van der Waals surface area contributed by atoms with Gasteiger partial charge in [-0.15, -0.1) is 0 Å². The number of halogens is 1. The summed E-state index contributed by atoms with van der Waals surface area (Å²) in [5, 5.41) is 0. The van der Waals surface area contributed by atoms with Gasteiger partial charge in [-0.25, -0.2) is 9.69 Å². The number of imide groups is 1. The first-order valence-electron chi connectivity index (χ1n) is 15.1. The molecule has 5 aromatic carbocycles. The Morgan fingerprint density at radius 3 is 1.96 bits per heavy atom. The second-order valence-electron chi connectivity index (χ2n) is 11.9. The Morgan fingerprint density at radius 2 is 1.28 bits per heavy atom. The van der Waals surface area contributed by atoms with Crippen molar-refractivity contribution in [3.05, 3.63) is 161 Å². The predicted octanol–water partition coefficient (Wildman–Crippen LogP) is 7.30. The summed E-state index contributed by atoms with van der Waals surface area (Å²) in [7, 11) is 0. The summed E-state index contributed by atoms with van der Waals surface area (Å²) in [6.45, 7) is -0.441. The van der Waals surface area contributed by atoms with Gasteiger partial charge in [0.2, 0.25) is 11.8 Å². The van der Waals surface area contributed by atoms with Crippen LogP contribution in [0, 0.1) is 11.8 Å². The van der Waals surface area contributed by atoms with Crippen molar-refractivity contribution in [1.82, 2.24) is 0 Å². The molecule has 0 aromatic heterocycles. The van der Waals surface area contributed by atoms with Crippen LogP contribution in [-0.4, -0.2) is 30.2 Å². The van der Waals surface area contributed by atoms with Gasteiger partial charge in [0.25, 0.3) is 0 Å². The molecule has 9 rings (SSSR count). The third-order valence-electron chi connectivity index (χ3n) is 9.50. The number of anilines is 1. The Labute approximate surface area is 273 Å². The predicted molar refractivity (Wildman–Crippen MR) is 177 cm³/mol. The minimum Gasteiger partial charge on any atom is -0.454 e. The van der Waals surface area contributed by atoms with Gasteiger partial charge in [-0.05, 0) is 51.6 Å². The van der Waals surface area contributed by atoms with Gasteiger partial charge in [0.15, 0.2) is 12.4 Å². The number of esters is 1. The molecule has 7 heteroatoms. The first-order valence-corrected chi connectivity index (χ1v) is 15.9. The highest BCUT2D eigenvalue weighted by Gasteiger charge is 2.67. The molecule has 6 nitrogen and oxygen atoms in total. The van der Waals surface area contributed by atoms with Crippen molar-refractivity contribution in [2.24, 2.45) is 11.8 Å². The van der Waals surface area contributed by atoms with Gasteiger partial charge >= 0.3 is 5.97 Å². The van der Waals surface area contributed by atoms with E-state index in [9.17, 15) is 19.2 Å². The van der Waals surface area contributed by atoms with Crippen LogP contribution in [0.4, 0.5) is 5.69 Å². The number of carbonyl (C=O) groups is 4. The fourth-order valence-corrected chi connectivity index (χ4v) is 8.69. The van der Waals surface area contributed by atoms with Gasteiger partial charge in [0, 0.05) is 11.5 Å². The van der Waals surface area contributed by atoms with Crippen molar-refractivity contribution < 1.29 is 23.9 Å². The smallest absolute Gasteiger partial charge is 0.338 e. The SMILES string of the molecule is O=C(COC(=O)c1cccc(N2C(=O)[C@@H]3C4c5ccccc5C(Br)(c5ccccc54)[C@H]3C2=O)c1)c1ccc(-c2ccccc2)cc1. The van der Waals surface area contributed by atoms with Crippen LogP contribution in [0.25, 0.3) is 11.1 Å². The molecule has 0 N–H and O–H groups in total. The maximum atomic E-state index is 14.2. The highest BCUT2D eigenvalue weighted by atomic mass is 79.9. The van der Waals surface area contributed by atoms with Crippen LogP contribution in [-0.2, 0) is 18.7 Å². The second-order valence-corrected chi connectivity index (χ2v) is 13.1. The molecule has 46 heavy (non-hydrogen) atoms. The van der Waals surface area contributed by atoms with Crippen molar-refractivity contribution in [1.29, 1.82) is 0 Å². The minimum atomic E-state index is -0.864. The molecule has 5 aromatic rings. The first-order chi connectivity index (χ1) is 22.4. The topological polar surface area (TPSA) is 80.8 Å². The Balaban J connectivity index is 1.03. The maximum Gasteiger partial charge on any atom is 0.338 e. The van der Waals surface area contributed by atoms with Gasteiger partial charge in [-0.3, -0.25) is 14.4 Å². The van der Waals surface area contributed by atoms with Crippen LogP contribution in [0.15, 0.2) is 127 Å². The molecule has 1 saturated heterocycles. The minimum absolute atomic E-state index is 0.142. The van der Waals surface area contributed by atoms with E-state index in [4.69, 9.17) is 4.74 Å². The number of ether oxygens (including phenoxy) is 1. The molecular formula is C39H26BrNO5. The molecule has 224 valence electrons. The lowest BCUT2D eigenvalue weighted by Gasteiger charge is -2.51. The average molecular weight is 669 g/mol. The third-order valence-corrected chi connectivity index (χ3v) is 10.9. The summed E-state index contributed by atoms with van der Waals surface area (Å²) in [6, 6.07) is 39.2. The lowest BCUT2D eigenvalue weighted by molar-refractivity contribution is -0.122. The van der Waals surface area contributed by atoms with Gasteiger partial charge in [-0.1, -0.05) is 125 Å². The number of nitrogens with zero attached hydrogens (tertiary/aromatic N) is 1. The van der Waals surface area contributed by atoms with E-state index in [0.717, 1.165) is 33.4 Å². The zero-order chi connectivity index (χ0) is 31.6. The van der Waals surface area contributed by atoms with E-state index < -0.39 is 28.7 Å². The number of hydrogen-bond donors (Lipinski definition) is 0. The molecule has 3 aliphatic carbocycles. The molecule has 2 amide bonds. The molecule has 1 fully saturated rings. The second kappa shape index (κ2) is 10.7. The van der Waals surface area contributed by atoms with E-state index in [0.29, 0.717) is 11.3 Å². The van der Waals surface area contributed by atoms with Gasteiger partial charge in [0.05, 0.1) is 27.4 Å². The van der Waals surface area contributed by atoms with Gasteiger partial charge in [0.1, 0.15) is 0 Å². The van der Waals surface area contributed by atoms with E-state index in [1.807, 2.05) is 91.0 Å². The standard InChI is InChI=1S/C39H26BrNO5/c40-39-30-15-6-4-13-28(30)33(29-14-5-7-16-31(29)39)34-35(39)37(44)41(36(34)43)27-12-8-11-26(21-27)38(45)46-22-32(42)25-19-17-24(18-20-25)23-9-2-1-3-10-23/h1-21,33-35H,22H2/t33?,34-,35-,39?/m1/s1. The third kappa shape index (κ3) is 4.15. The van der Waals surface area contributed by atoms with E-state index in [1.165, 1.54) is 11.0 Å².